The second-order valence-corrected chi connectivity index (χ2v) is 5.65. The minimum Gasteiger partial charge on any atom is -0.334 e. The Morgan fingerprint density at radius 3 is 3.11 bits per heavy atom. The Balaban J connectivity index is 1.86. The average Bonchev–Trinajstić information content (AvgIpc) is 3.06. The second-order valence-electron chi connectivity index (χ2n) is 5.65. The van der Waals surface area contributed by atoms with E-state index in [1.54, 1.807) is 0 Å². The molecule has 3 rings (SSSR count). The van der Waals surface area contributed by atoms with Crippen LogP contribution in [0.25, 0.3) is 0 Å². The van der Waals surface area contributed by atoms with Crippen LogP contribution in [0, 0.1) is 0 Å². The summed E-state index contributed by atoms with van der Waals surface area (Å²) in [4.78, 5) is 14.9. The van der Waals surface area contributed by atoms with Crippen molar-refractivity contribution in [2.45, 2.75) is 38.1 Å². The van der Waals surface area contributed by atoms with Gasteiger partial charge in [-0.2, -0.15) is 0 Å². The highest BCUT2D eigenvalue weighted by Gasteiger charge is 2.30. The summed E-state index contributed by atoms with van der Waals surface area (Å²) in [5.74, 6) is 0.247. The Bertz CT molecular complexity index is 484. The maximum Gasteiger partial charge on any atom is 0.254 e. The van der Waals surface area contributed by atoms with Gasteiger partial charge in [-0.05, 0) is 56.3 Å². The second kappa shape index (κ2) is 5.33. The quantitative estimate of drug-likeness (QED) is 0.899. The maximum atomic E-state index is 12.8. The topological polar surface area (TPSA) is 32.3 Å². The predicted molar refractivity (Wildman–Crippen MR) is 76.5 cm³/mol. The Kier molecular flexibility index (Phi) is 3.56. The highest BCUT2D eigenvalue weighted by Crippen LogP contribution is 2.28. The van der Waals surface area contributed by atoms with Gasteiger partial charge in [-0.25, -0.2) is 0 Å². The molecule has 3 heteroatoms. The fraction of sp³-hybridized carbons (Fsp3) is 0.562. The Morgan fingerprint density at radius 1 is 1.37 bits per heavy atom. The van der Waals surface area contributed by atoms with Crippen LogP contribution in [-0.4, -0.2) is 37.0 Å². The van der Waals surface area contributed by atoms with Crippen LogP contribution in [0.2, 0.25) is 0 Å². The number of fused-ring (bicyclic) bond motifs is 1. The summed E-state index contributed by atoms with van der Waals surface area (Å²) < 4.78 is 0. The van der Waals surface area contributed by atoms with Gasteiger partial charge in [0.1, 0.15) is 0 Å². The summed E-state index contributed by atoms with van der Waals surface area (Å²) in [5, 5.41) is 3.20. The minimum absolute atomic E-state index is 0.247. The smallest absolute Gasteiger partial charge is 0.254 e. The lowest BCUT2D eigenvalue weighted by Crippen LogP contribution is -2.41. The van der Waals surface area contributed by atoms with Crippen molar-refractivity contribution in [1.29, 1.82) is 0 Å². The summed E-state index contributed by atoms with van der Waals surface area (Å²) in [6, 6.07) is 6.60. The fourth-order valence-corrected chi connectivity index (χ4v) is 3.53. The Hall–Kier alpha value is -1.35. The third-order valence-electron chi connectivity index (χ3n) is 4.45. The van der Waals surface area contributed by atoms with Crippen molar-refractivity contribution in [1.82, 2.24) is 10.2 Å². The first-order valence-corrected chi connectivity index (χ1v) is 7.37. The zero-order chi connectivity index (χ0) is 13.2. The third kappa shape index (κ3) is 2.27. The van der Waals surface area contributed by atoms with Crippen molar-refractivity contribution in [2.75, 3.05) is 20.1 Å². The van der Waals surface area contributed by atoms with E-state index in [0.717, 1.165) is 44.3 Å². The Labute approximate surface area is 115 Å². The van der Waals surface area contributed by atoms with Gasteiger partial charge < -0.3 is 10.2 Å². The number of aryl methyl sites for hydroxylation is 1. The molecule has 1 aliphatic heterocycles. The molecule has 0 spiro atoms. The molecule has 0 bridgehead atoms. The summed E-state index contributed by atoms with van der Waals surface area (Å²) >= 11 is 0. The highest BCUT2D eigenvalue weighted by atomic mass is 16.2. The van der Waals surface area contributed by atoms with Crippen molar-refractivity contribution in [3.8, 4) is 0 Å². The number of nitrogens with zero attached hydrogens (tertiary/aromatic N) is 1. The van der Waals surface area contributed by atoms with E-state index >= 15 is 0 Å². The molecular formula is C16H22N2O. The van der Waals surface area contributed by atoms with E-state index in [9.17, 15) is 4.79 Å². The van der Waals surface area contributed by atoms with Crippen LogP contribution in [-0.2, 0) is 12.8 Å². The molecule has 1 N–H and O–H groups in total. The predicted octanol–water partition coefficient (Wildman–Crippen LogP) is 2.00. The number of rotatable bonds is 3. The monoisotopic (exact) mass is 258 g/mol. The number of hydrogen-bond acceptors (Lipinski definition) is 2. The molecule has 1 atom stereocenters. The summed E-state index contributed by atoms with van der Waals surface area (Å²) in [6.45, 7) is 1.82. The molecule has 0 radical (unpaired) electrons. The van der Waals surface area contributed by atoms with E-state index in [-0.39, 0.29) is 5.91 Å². The van der Waals surface area contributed by atoms with Crippen LogP contribution in [0.4, 0.5) is 0 Å². The lowest BCUT2D eigenvalue weighted by Gasteiger charge is -2.25. The number of benzene rings is 1. The van der Waals surface area contributed by atoms with Crippen LogP contribution < -0.4 is 5.32 Å². The first-order valence-electron chi connectivity index (χ1n) is 7.37. The van der Waals surface area contributed by atoms with Gasteiger partial charge in [0.25, 0.3) is 5.91 Å². The molecule has 1 amide bonds. The average molecular weight is 258 g/mol. The number of likely N-dealkylation sites (tertiary alicyclic amines) is 1. The first kappa shape index (κ1) is 12.7. The largest absolute Gasteiger partial charge is 0.334 e. The van der Waals surface area contributed by atoms with Gasteiger partial charge >= 0.3 is 0 Å². The molecule has 1 heterocycles. The molecular weight excluding hydrogens is 236 g/mol. The molecule has 1 unspecified atom stereocenters. The lowest BCUT2D eigenvalue weighted by molar-refractivity contribution is 0.0736. The lowest BCUT2D eigenvalue weighted by atomic mass is 10.0. The Morgan fingerprint density at radius 2 is 2.26 bits per heavy atom. The number of likely N-dealkylation sites (N-methyl/N-ethyl adjacent to an activating group) is 1. The number of nitrogens with one attached hydrogen (secondary N) is 1. The maximum absolute atomic E-state index is 12.8. The highest BCUT2D eigenvalue weighted by molar-refractivity contribution is 5.96. The van der Waals surface area contributed by atoms with E-state index in [0.29, 0.717) is 6.04 Å². The molecule has 3 nitrogen and oxygen atoms in total. The molecule has 102 valence electrons. The minimum atomic E-state index is 0.247. The van der Waals surface area contributed by atoms with E-state index in [1.165, 1.54) is 17.5 Å². The van der Waals surface area contributed by atoms with Crippen LogP contribution in [0.5, 0.6) is 0 Å². The first-order chi connectivity index (χ1) is 9.31. The van der Waals surface area contributed by atoms with Crippen LogP contribution >= 0.6 is 0 Å². The number of hydrogen-bond donors (Lipinski definition) is 1. The number of carbonyl (C=O) groups excluding carboxylic acids is 1. The van der Waals surface area contributed by atoms with Gasteiger partial charge in [0, 0.05) is 24.7 Å². The molecule has 1 aliphatic carbocycles. The van der Waals surface area contributed by atoms with Crippen LogP contribution in [0.1, 0.15) is 40.7 Å². The van der Waals surface area contributed by atoms with E-state index < -0.39 is 0 Å². The zero-order valence-corrected chi connectivity index (χ0v) is 11.6. The molecule has 0 aromatic heterocycles. The van der Waals surface area contributed by atoms with Gasteiger partial charge in [-0.3, -0.25) is 4.79 Å². The summed E-state index contributed by atoms with van der Waals surface area (Å²) in [7, 11) is 1.96. The molecule has 0 saturated carbocycles. The van der Waals surface area contributed by atoms with Crippen molar-refractivity contribution < 1.29 is 4.79 Å². The van der Waals surface area contributed by atoms with Gasteiger partial charge in [-0.1, -0.05) is 12.1 Å². The number of amides is 1. The fourth-order valence-electron chi connectivity index (χ4n) is 3.53. The molecule has 2 aliphatic rings. The van der Waals surface area contributed by atoms with Crippen molar-refractivity contribution in [2.24, 2.45) is 0 Å². The molecule has 19 heavy (non-hydrogen) atoms. The third-order valence-corrected chi connectivity index (χ3v) is 4.45. The standard InChI is InChI=1S/C16H22N2O/c1-17-11-13-7-4-10-18(13)16(19)15-9-3-6-12-5-2-8-14(12)15/h3,6,9,13,17H,2,4-5,7-8,10-11H2,1H3. The van der Waals surface area contributed by atoms with Gasteiger partial charge in [0.2, 0.25) is 0 Å². The summed E-state index contributed by atoms with van der Waals surface area (Å²) in [6.07, 6.45) is 5.66. The van der Waals surface area contributed by atoms with Crippen molar-refractivity contribution in [3.05, 3.63) is 34.9 Å². The van der Waals surface area contributed by atoms with Gasteiger partial charge in [-0.15, -0.1) is 0 Å². The summed E-state index contributed by atoms with van der Waals surface area (Å²) in [5.41, 5.74) is 3.65. The van der Waals surface area contributed by atoms with Crippen molar-refractivity contribution >= 4 is 5.91 Å². The number of carbonyl (C=O) groups is 1. The van der Waals surface area contributed by atoms with E-state index in [2.05, 4.69) is 16.3 Å². The molecule has 1 saturated heterocycles. The van der Waals surface area contributed by atoms with E-state index in [4.69, 9.17) is 0 Å². The molecule has 1 fully saturated rings. The SMILES string of the molecule is CNCC1CCCN1C(=O)c1cccc2c1CCC2. The van der Waals surface area contributed by atoms with Crippen molar-refractivity contribution in [3.63, 3.8) is 0 Å². The van der Waals surface area contributed by atoms with Gasteiger partial charge in [0.15, 0.2) is 0 Å². The molecule has 1 aromatic rings. The van der Waals surface area contributed by atoms with E-state index in [1.807, 2.05) is 19.2 Å². The van der Waals surface area contributed by atoms with Crippen LogP contribution in [0.15, 0.2) is 18.2 Å². The van der Waals surface area contributed by atoms with Crippen LogP contribution in [0.3, 0.4) is 0 Å². The molecule has 1 aromatic carbocycles. The van der Waals surface area contributed by atoms with Gasteiger partial charge in [0.05, 0.1) is 0 Å². The zero-order valence-electron chi connectivity index (χ0n) is 11.6. The normalized spacial score (nSPS) is 21.7.